The molecular weight excluding hydrogens is 210 g/mol. The first-order chi connectivity index (χ1) is 8.19. The van der Waals surface area contributed by atoms with Crippen LogP contribution in [0.4, 0.5) is 0 Å². The first-order valence-corrected chi connectivity index (χ1v) is 6.25. The number of nitrogens with zero attached hydrogens (tertiary/aromatic N) is 1. The largest absolute Gasteiger partial charge is 0.381 e. The maximum atomic E-state index is 7.59. The van der Waals surface area contributed by atoms with Crippen LogP contribution in [0, 0.1) is 6.57 Å². The van der Waals surface area contributed by atoms with Crippen LogP contribution in [-0.2, 0) is 10.3 Å². The van der Waals surface area contributed by atoms with Crippen LogP contribution in [0.2, 0.25) is 0 Å². The normalized spacial score (nSPS) is 18.9. The van der Waals surface area contributed by atoms with E-state index >= 15 is 0 Å². The van der Waals surface area contributed by atoms with Crippen molar-refractivity contribution in [3.05, 3.63) is 46.8 Å². The lowest BCUT2D eigenvalue weighted by Crippen LogP contribution is -2.31. The summed E-state index contributed by atoms with van der Waals surface area (Å²) in [5, 5.41) is 0. The van der Waals surface area contributed by atoms with Crippen molar-refractivity contribution in [2.24, 2.45) is 0 Å². The number of hydrogen-bond acceptors (Lipinski definition) is 1. The highest BCUT2D eigenvalue weighted by molar-refractivity contribution is 5.38. The molecule has 17 heavy (non-hydrogen) atoms. The van der Waals surface area contributed by atoms with E-state index in [1.165, 1.54) is 11.1 Å². The van der Waals surface area contributed by atoms with Crippen molar-refractivity contribution in [3.63, 3.8) is 0 Å². The van der Waals surface area contributed by atoms with Crippen LogP contribution in [-0.4, -0.2) is 13.2 Å². The van der Waals surface area contributed by atoms with Crippen LogP contribution < -0.4 is 0 Å². The molecule has 0 unspecified atom stereocenters. The third kappa shape index (κ3) is 2.21. The molecule has 2 heteroatoms. The average molecular weight is 229 g/mol. The smallest absolute Gasteiger partial charge is 0.262 e. The Balaban J connectivity index is 2.47. The Morgan fingerprint density at radius 2 is 1.88 bits per heavy atom. The first kappa shape index (κ1) is 12.1. The van der Waals surface area contributed by atoms with Gasteiger partial charge >= 0.3 is 0 Å². The van der Waals surface area contributed by atoms with E-state index in [1.54, 1.807) is 0 Å². The lowest BCUT2D eigenvalue weighted by molar-refractivity contribution is 0.0643. The summed E-state index contributed by atoms with van der Waals surface area (Å²) < 4.78 is 5.41. The van der Waals surface area contributed by atoms with Crippen LogP contribution in [0.15, 0.2) is 24.3 Å². The second-order valence-corrected chi connectivity index (χ2v) is 5.00. The molecular formula is C15H19NO. The molecule has 1 aliphatic rings. The molecule has 0 spiro atoms. The van der Waals surface area contributed by atoms with Gasteiger partial charge in [-0.3, -0.25) is 0 Å². The first-order valence-electron chi connectivity index (χ1n) is 6.25. The number of hydrogen-bond donors (Lipinski definition) is 0. The minimum Gasteiger partial charge on any atom is -0.381 e. The van der Waals surface area contributed by atoms with Crippen molar-refractivity contribution in [1.29, 1.82) is 0 Å². The van der Waals surface area contributed by atoms with E-state index in [2.05, 4.69) is 36.9 Å². The van der Waals surface area contributed by atoms with Gasteiger partial charge in [0.2, 0.25) is 0 Å². The highest BCUT2D eigenvalue weighted by atomic mass is 16.5. The molecule has 0 saturated carbocycles. The summed E-state index contributed by atoms with van der Waals surface area (Å²) in [6.45, 7) is 13.4. The topological polar surface area (TPSA) is 13.6 Å². The van der Waals surface area contributed by atoms with Crippen LogP contribution >= 0.6 is 0 Å². The zero-order chi connectivity index (χ0) is 12.3. The van der Waals surface area contributed by atoms with Crippen LogP contribution in [0.1, 0.15) is 43.7 Å². The molecule has 0 aromatic heterocycles. The average Bonchev–Trinajstić information content (AvgIpc) is 2.39. The molecule has 1 aliphatic heterocycles. The predicted octanol–water partition coefficient (Wildman–Crippen LogP) is 3.73. The lowest BCUT2D eigenvalue weighted by atomic mass is 9.79. The van der Waals surface area contributed by atoms with Crippen molar-refractivity contribution in [1.82, 2.24) is 0 Å². The zero-order valence-electron chi connectivity index (χ0n) is 10.6. The second-order valence-electron chi connectivity index (χ2n) is 5.00. The molecule has 0 amide bonds. The fourth-order valence-electron chi connectivity index (χ4n) is 2.57. The molecule has 0 N–H and O–H groups in total. The number of benzene rings is 1. The minimum absolute atomic E-state index is 0.348. The summed E-state index contributed by atoms with van der Waals surface area (Å²) in [7, 11) is 0. The van der Waals surface area contributed by atoms with Crippen LogP contribution in [0.3, 0.4) is 0 Å². The van der Waals surface area contributed by atoms with Crippen molar-refractivity contribution in [3.8, 4) is 0 Å². The van der Waals surface area contributed by atoms with E-state index in [9.17, 15) is 0 Å². The summed E-state index contributed by atoms with van der Waals surface area (Å²) in [5.41, 5.74) is 2.18. The quantitative estimate of drug-likeness (QED) is 0.704. The zero-order valence-corrected chi connectivity index (χ0v) is 10.6. The van der Waals surface area contributed by atoms with E-state index < -0.39 is 0 Å². The van der Waals surface area contributed by atoms with Gasteiger partial charge in [-0.1, -0.05) is 38.1 Å². The maximum absolute atomic E-state index is 7.59. The molecule has 2 nitrogen and oxygen atoms in total. The van der Waals surface area contributed by atoms with Gasteiger partial charge in [0.25, 0.3) is 5.54 Å². The molecule has 2 rings (SSSR count). The maximum Gasteiger partial charge on any atom is 0.262 e. The molecule has 0 atom stereocenters. The number of ether oxygens (including phenoxy) is 1. The fourth-order valence-corrected chi connectivity index (χ4v) is 2.57. The summed E-state index contributed by atoms with van der Waals surface area (Å²) in [5.74, 6) is 0.465. The van der Waals surface area contributed by atoms with Gasteiger partial charge in [0.1, 0.15) is 0 Å². The Hall–Kier alpha value is -1.33. The van der Waals surface area contributed by atoms with Gasteiger partial charge in [-0.05, 0) is 11.5 Å². The van der Waals surface area contributed by atoms with E-state index in [-0.39, 0.29) is 5.54 Å². The predicted molar refractivity (Wildman–Crippen MR) is 68.9 cm³/mol. The molecule has 1 saturated heterocycles. The Morgan fingerprint density at radius 3 is 2.47 bits per heavy atom. The monoisotopic (exact) mass is 229 g/mol. The van der Waals surface area contributed by atoms with Crippen LogP contribution in [0.5, 0.6) is 0 Å². The highest BCUT2D eigenvalue weighted by Crippen LogP contribution is 2.39. The third-order valence-corrected chi connectivity index (χ3v) is 3.62. The summed E-state index contributed by atoms with van der Waals surface area (Å²) in [4.78, 5) is 3.96. The molecule has 0 radical (unpaired) electrons. The van der Waals surface area contributed by atoms with Crippen molar-refractivity contribution in [2.75, 3.05) is 13.2 Å². The van der Waals surface area contributed by atoms with E-state index in [0.29, 0.717) is 19.1 Å². The molecule has 1 aromatic carbocycles. The lowest BCUT2D eigenvalue weighted by Gasteiger charge is -2.29. The SMILES string of the molecule is [C-]#[N+]C1(c2ccccc2C(C)C)CCOCC1. The van der Waals surface area contributed by atoms with Gasteiger partial charge in [-0.2, -0.15) is 0 Å². The summed E-state index contributed by atoms with van der Waals surface area (Å²) >= 11 is 0. The Morgan fingerprint density at radius 1 is 1.24 bits per heavy atom. The summed E-state index contributed by atoms with van der Waals surface area (Å²) in [6.07, 6.45) is 1.64. The van der Waals surface area contributed by atoms with E-state index in [4.69, 9.17) is 11.3 Å². The van der Waals surface area contributed by atoms with Gasteiger partial charge in [0, 0.05) is 5.56 Å². The molecule has 1 aromatic rings. The number of rotatable bonds is 2. The molecule has 0 bridgehead atoms. The van der Waals surface area contributed by atoms with Gasteiger partial charge in [-0.25, -0.2) is 6.57 Å². The van der Waals surface area contributed by atoms with Gasteiger partial charge in [0.15, 0.2) is 0 Å². The van der Waals surface area contributed by atoms with E-state index in [0.717, 1.165) is 12.8 Å². The van der Waals surface area contributed by atoms with Crippen LogP contribution in [0.25, 0.3) is 4.85 Å². The van der Waals surface area contributed by atoms with Gasteiger partial charge < -0.3 is 9.58 Å². The Bertz CT molecular complexity index is 425. The van der Waals surface area contributed by atoms with Gasteiger partial charge in [-0.15, -0.1) is 0 Å². The van der Waals surface area contributed by atoms with Crippen molar-refractivity contribution >= 4 is 0 Å². The Kier molecular flexibility index (Phi) is 3.49. The minimum atomic E-state index is -0.348. The second kappa shape index (κ2) is 4.89. The Labute approximate surface area is 103 Å². The standard InChI is InChI=1S/C15H19NO/c1-12(2)13-6-4-5-7-14(13)15(16-3)8-10-17-11-9-15/h4-7,12H,8-11H2,1-2H3. The van der Waals surface area contributed by atoms with E-state index in [1.807, 2.05) is 6.07 Å². The summed E-state index contributed by atoms with van der Waals surface area (Å²) in [6, 6.07) is 8.39. The third-order valence-electron chi connectivity index (χ3n) is 3.62. The van der Waals surface area contributed by atoms with Crippen molar-refractivity contribution < 1.29 is 4.74 Å². The molecule has 1 fully saturated rings. The highest BCUT2D eigenvalue weighted by Gasteiger charge is 2.42. The van der Waals surface area contributed by atoms with Crippen molar-refractivity contribution in [2.45, 2.75) is 38.1 Å². The van der Waals surface area contributed by atoms with Gasteiger partial charge in [0.05, 0.1) is 26.1 Å². The fraction of sp³-hybridized carbons (Fsp3) is 0.533. The molecule has 1 heterocycles. The molecule has 90 valence electrons. The molecule has 0 aliphatic carbocycles.